The van der Waals surface area contributed by atoms with E-state index in [1.807, 2.05) is 24.3 Å². The zero-order valence-electron chi connectivity index (χ0n) is 19.5. The van der Waals surface area contributed by atoms with Gasteiger partial charge in [0.1, 0.15) is 23.8 Å². The van der Waals surface area contributed by atoms with Crippen molar-refractivity contribution in [3.05, 3.63) is 65.2 Å². The third-order valence-electron chi connectivity index (χ3n) is 5.71. The fraction of sp³-hybridized carbons (Fsp3) is 0.360. The molecule has 0 aliphatic carbocycles. The predicted octanol–water partition coefficient (Wildman–Crippen LogP) is 0.432. The second-order valence-electron chi connectivity index (χ2n) is 8.34. The minimum atomic E-state index is -1.18. The molecule has 3 atom stereocenters. The maximum absolute atomic E-state index is 12.4. The van der Waals surface area contributed by atoms with E-state index in [0.717, 1.165) is 16.9 Å². The Balaban J connectivity index is 1.46. The van der Waals surface area contributed by atoms with E-state index in [4.69, 9.17) is 20.6 Å². The molecule has 10 heteroatoms. The maximum Gasteiger partial charge on any atom is 0.308 e. The number of carbonyl (C=O) groups is 3. The molecule has 0 spiro atoms. The number of benzene rings is 2. The lowest BCUT2D eigenvalue weighted by molar-refractivity contribution is -0.145. The summed E-state index contributed by atoms with van der Waals surface area (Å²) in [6.07, 6.45) is -1.40. The van der Waals surface area contributed by atoms with Crippen LogP contribution < -0.4 is 21.1 Å². The van der Waals surface area contributed by atoms with Crippen molar-refractivity contribution >= 4 is 23.6 Å². The van der Waals surface area contributed by atoms with Crippen molar-refractivity contribution in [1.29, 1.82) is 5.41 Å². The summed E-state index contributed by atoms with van der Waals surface area (Å²) in [5, 5.41) is 23.3. The van der Waals surface area contributed by atoms with Crippen LogP contribution in [0.25, 0.3) is 0 Å². The number of ether oxygens (including phenoxy) is 2. The standard InChI is InChI=1S/C25H30N4O6/c1-34-18-9-4-15(5-10-18)6-11-21(31)29-19-13-23(33)35-24(19)20(30)14-28-22(32)12-16-2-7-17(8-3-16)25(26)27/h2-5,7-10,19-20,24,30H,6,11-14H2,1H3,(H3,26,27)(H,28,32)(H,29,31)/t19-,20-,24?/m0/s1. The van der Waals surface area contributed by atoms with Gasteiger partial charge in [0.05, 0.1) is 26.0 Å². The van der Waals surface area contributed by atoms with Crippen LogP contribution in [0.3, 0.4) is 0 Å². The van der Waals surface area contributed by atoms with Gasteiger partial charge in [-0.2, -0.15) is 0 Å². The monoisotopic (exact) mass is 482 g/mol. The highest BCUT2D eigenvalue weighted by Gasteiger charge is 2.40. The Morgan fingerprint density at radius 2 is 1.80 bits per heavy atom. The number of aliphatic hydroxyl groups excluding tert-OH is 1. The summed E-state index contributed by atoms with van der Waals surface area (Å²) >= 11 is 0. The van der Waals surface area contributed by atoms with E-state index in [2.05, 4.69) is 10.6 Å². The zero-order valence-corrected chi connectivity index (χ0v) is 19.5. The first kappa shape index (κ1) is 25.7. The molecule has 1 aliphatic heterocycles. The molecule has 0 bridgehead atoms. The number of aliphatic hydroxyl groups is 1. The molecule has 186 valence electrons. The SMILES string of the molecule is COc1ccc(CCC(=O)N[C@H]2CC(=O)OC2[C@@H](O)CNC(=O)Cc2ccc(C(=N)N)cc2)cc1. The number of hydrogen-bond acceptors (Lipinski definition) is 7. The first-order valence-corrected chi connectivity index (χ1v) is 11.2. The van der Waals surface area contributed by atoms with Crippen LogP contribution in [0.2, 0.25) is 0 Å². The summed E-state index contributed by atoms with van der Waals surface area (Å²) in [5.74, 6) is -0.443. The second kappa shape index (κ2) is 12.0. The fourth-order valence-corrected chi connectivity index (χ4v) is 3.77. The topological polar surface area (TPSA) is 164 Å². The molecule has 0 radical (unpaired) electrons. The molecule has 35 heavy (non-hydrogen) atoms. The summed E-state index contributed by atoms with van der Waals surface area (Å²) in [5.41, 5.74) is 7.67. The number of aryl methyl sites for hydroxylation is 1. The molecule has 1 saturated heterocycles. The van der Waals surface area contributed by atoms with Gasteiger partial charge in [-0.3, -0.25) is 19.8 Å². The van der Waals surface area contributed by atoms with E-state index in [-0.39, 0.29) is 43.5 Å². The zero-order chi connectivity index (χ0) is 25.4. The number of nitrogens with two attached hydrogens (primary N) is 1. The van der Waals surface area contributed by atoms with Gasteiger partial charge in [0.15, 0.2) is 0 Å². The Morgan fingerprint density at radius 1 is 1.14 bits per heavy atom. The number of cyclic esters (lactones) is 1. The van der Waals surface area contributed by atoms with Crippen molar-refractivity contribution < 1.29 is 29.0 Å². The molecule has 2 aromatic carbocycles. The van der Waals surface area contributed by atoms with Gasteiger partial charge in [-0.25, -0.2) is 0 Å². The molecule has 6 N–H and O–H groups in total. The van der Waals surface area contributed by atoms with Gasteiger partial charge in [0, 0.05) is 18.5 Å². The van der Waals surface area contributed by atoms with Crippen molar-refractivity contribution in [2.75, 3.05) is 13.7 Å². The van der Waals surface area contributed by atoms with Crippen molar-refractivity contribution in [3.63, 3.8) is 0 Å². The average Bonchev–Trinajstić information content (AvgIpc) is 3.21. The highest BCUT2D eigenvalue weighted by molar-refractivity contribution is 5.95. The molecule has 3 rings (SSSR count). The quantitative estimate of drug-likeness (QED) is 0.176. The molecule has 1 aliphatic rings. The lowest BCUT2D eigenvalue weighted by Gasteiger charge is -2.24. The summed E-state index contributed by atoms with van der Waals surface area (Å²) in [6, 6.07) is 13.4. The molecule has 1 fully saturated rings. The number of esters is 1. The molecule has 10 nitrogen and oxygen atoms in total. The van der Waals surface area contributed by atoms with E-state index >= 15 is 0 Å². The number of rotatable bonds is 11. The van der Waals surface area contributed by atoms with Crippen LogP contribution in [0.5, 0.6) is 5.75 Å². The van der Waals surface area contributed by atoms with E-state index in [1.165, 1.54) is 0 Å². The Labute approximate surface area is 203 Å². The van der Waals surface area contributed by atoms with Crippen LogP contribution in [0.4, 0.5) is 0 Å². The molecule has 0 saturated carbocycles. The fourth-order valence-electron chi connectivity index (χ4n) is 3.77. The molecule has 1 unspecified atom stereocenters. The van der Waals surface area contributed by atoms with Gasteiger partial charge in [-0.1, -0.05) is 36.4 Å². The van der Waals surface area contributed by atoms with Gasteiger partial charge in [0.2, 0.25) is 11.8 Å². The molecular weight excluding hydrogens is 452 g/mol. The van der Waals surface area contributed by atoms with E-state index in [9.17, 15) is 19.5 Å². The van der Waals surface area contributed by atoms with Crippen molar-refractivity contribution in [2.45, 2.75) is 43.9 Å². The normalized spacial score (nSPS) is 17.8. The minimum absolute atomic E-state index is 0.0492. The lowest BCUT2D eigenvalue weighted by atomic mass is 10.0. The Kier molecular flexibility index (Phi) is 8.80. The Hall–Kier alpha value is -3.92. The summed E-state index contributed by atoms with van der Waals surface area (Å²) in [4.78, 5) is 36.5. The maximum atomic E-state index is 12.4. The third-order valence-corrected chi connectivity index (χ3v) is 5.71. The van der Waals surface area contributed by atoms with Gasteiger partial charge >= 0.3 is 5.97 Å². The molecule has 0 aromatic heterocycles. The van der Waals surface area contributed by atoms with Gasteiger partial charge in [0.25, 0.3) is 0 Å². The highest BCUT2D eigenvalue weighted by Crippen LogP contribution is 2.19. The smallest absolute Gasteiger partial charge is 0.308 e. The molecule has 2 aromatic rings. The van der Waals surface area contributed by atoms with Crippen molar-refractivity contribution in [2.24, 2.45) is 5.73 Å². The minimum Gasteiger partial charge on any atom is -0.497 e. The number of amidine groups is 1. The van der Waals surface area contributed by atoms with Crippen molar-refractivity contribution in [1.82, 2.24) is 10.6 Å². The van der Waals surface area contributed by atoms with E-state index < -0.39 is 24.2 Å². The highest BCUT2D eigenvalue weighted by atomic mass is 16.6. The molecule has 2 amide bonds. The summed E-state index contributed by atoms with van der Waals surface area (Å²) in [6.45, 7) is -0.138. The number of nitrogens with one attached hydrogen (secondary N) is 3. The predicted molar refractivity (Wildman–Crippen MR) is 128 cm³/mol. The number of amides is 2. The molecular formula is C25H30N4O6. The number of hydrogen-bond donors (Lipinski definition) is 5. The Bertz CT molecular complexity index is 1050. The number of carbonyl (C=O) groups excluding carboxylic acids is 3. The number of methoxy groups -OCH3 is 1. The van der Waals surface area contributed by atoms with Crippen molar-refractivity contribution in [3.8, 4) is 5.75 Å². The third kappa shape index (κ3) is 7.54. The number of nitrogen functional groups attached to an aromatic ring is 1. The van der Waals surface area contributed by atoms with Crippen LogP contribution >= 0.6 is 0 Å². The summed E-state index contributed by atoms with van der Waals surface area (Å²) in [7, 11) is 1.58. The average molecular weight is 483 g/mol. The molecule has 1 heterocycles. The van der Waals surface area contributed by atoms with Gasteiger partial charge < -0.3 is 30.9 Å². The second-order valence-corrected chi connectivity index (χ2v) is 8.34. The first-order valence-electron chi connectivity index (χ1n) is 11.2. The van der Waals surface area contributed by atoms with Gasteiger partial charge in [-0.05, 0) is 29.7 Å². The van der Waals surface area contributed by atoms with Crippen LogP contribution in [0.15, 0.2) is 48.5 Å². The van der Waals surface area contributed by atoms with Crippen LogP contribution in [0.1, 0.15) is 29.5 Å². The first-order chi connectivity index (χ1) is 16.7. The Morgan fingerprint density at radius 3 is 2.43 bits per heavy atom. The van der Waals surface area contributed by atoms with Crippen LogP contribution in [0, 0.1) is 5.41 Å². The lowest BCUT2D eigenvalue weighted by Crippen LogP contribution is -2.49. The van der Waals surface area contributed by atoms with Gasteiger partial charge in [-0.15, -0.1) is 0 Å². The summed E-state index contributed by atoms with van der Waals surface area (Å²) < 4.78 is 10.3. The largest absolute Gasteiger partial charge is 0.497 e. The van der Waals surface area contributed by atoms with Crippen LogP contribution in [-0.4, -0.2) is 60.6 Å². The van der Waals surface area contributed by atoms with E-state index in [0.29, 0.717) is 12.0 Å². The van der Waals surface area contributed by atoms with Crippen LogP contribution in [-0.2, 0) is 32.0 Å². The van der Waals surface area contributed by atoms with E-state index in [1.54, 1.807) is 31.4 Å².